The smallest absolute Gasteiger partial charge is 0.224 e. The van der Waals surface area contributed by atoms with Gasteiger partial charge in [0.2, 0.25) is 5.91 Å². The lowest BCUT2D eigenvalue weighted by atomic mass is 10.1. The molecule has 0 aliphatic carbocycles. The van der Waals surface area contributed by atoms with E-state index in [2.05, 4.69) is 4.98 Å². The molecule has 15 heavy (non-hydrogen) atoms. The highest BCUT2D eigenvalue weighted by Crippen LogP contribution is 2.27. The largest absolute Gasteiger partial charge is 0.334 e. The van der Waals surface area contributed by atoms with Crippen LogP contribution in [-0.4, -0.2) is 27.7 Å². The second-order valence-corrected chi connectivity index (χ2v) is 4.42. The molecule has 1 aliphatic rings. The van der Waals surface area contributed by atoms with Crippen LogP contribution in [0.2, 0.25) is 0 Å². The summed E-state index contributed by atoms with van der Waals surface area (Å²) in [5.74, 6) is 0.138. The maximum Gasteiger partial charge on any atom is 0.224 e. The van der Waals surface area contributed by atoms with E-state index >= 15 is 0 Å². The SMILES string of the molecule is CC(c1ccncc1)N1CC(Cl)CC1=O. The third-order valence-corrected chi connectivity index (χ3v) is 3.06. The maximum atomic E-state index is 11.6. The number of hydrogen-bond acceptors (Lipinski definition) is 2. The lowest BCUT2D eigenvalue weighted by Crippen LogP contribution is -2.28. The molecule has 1 amide bonds. The zero-order valence-electron chi connectivity index (χ0n) is 8.56. The molecular formula is C11H13ClN2O. The van der Waals surface area contributed by atoms with Gasteiger partial charge in [0, 0.05) is 25.4 Å². The Labute approximate surface area is 94.1 Å². The number of halogens is 1. The number of pyridine rings is 1. The predicted octanol–water partition coefficient (Wildman–Crippen LogP) is 1.98. The Bertz CT molecular complexity index is 355. The van der Waals surface area contributed by atoms with Crippen LogP contribution in [0.15, 0.2) is 24.5 Å². The zero-order chi connectivity index (χ0) is 10.8. The Kier molecular flexibility index (Phi) is 2.91. The summed E-state index contributed by atoms with van der Waals surface area (Å²) in [4.78, 5) is 17.4. The fraction of sp³-hybridized carbons (Fsp3) is 0.455. The van der Waals surface area contributed by atoms with Crippen LogP contribution in [-0.2, 0) is 4.79 Å². The highest BCUT2D eigenvalue weighted by molar-refractivity contribution is 6.22. The first-order valence-electron chi connectivity index (χ1n) is 5.02. The fourth-order valence-corrected chi connectivity index (χ4v) is 2.16. The van der Waals surface area contributed by atoms with Crippen LogP contribution in [0.3, 0.4) is 0 Å². The molecular weight excluding hydrogens is 212 g/mol. The van der Waals surface area contributed by atoms with Crippen LogP contribution in [0, 0.1) is 0 Å². The Morgan fingerprint density at radius 3 is 2.73 bits per heavy atom. The summed E-state index contributed by atoms with van der Waals surface area (Å²) in [5.41, 5.74) is 1.10. The van der Waals surface area contributed by atoms with E-state index in [1.54, 1.807) is 12.4 Å². The van der Waals surface area contributed by atoms with E-state index in [9.17, 15) is 4.79 Å². The number of alkyl halides is 1. The minimum absolute atomic E-state index is 0.0400. The lowest BCUT2D eigenvalue weighted by molar-refractivity contribution is -0.129. The van der Waals surface area contributed by atoms with Crippen molar-refractivity contribution in [1.82, 2.24) is 9.88 Å². The van der Waals surface area contributed by atoms with Crippen LogP contribution in [0.25, 0.3) is 0 Å². The van der Waals surface area contributed by atoms with Gasteiger partial charge in [-0.2, -0.15) is 0 Å². The minimum atomic E-state index is -0.0400. The molecule has 0 saturated carbocycles. The van der Waals surface area contributed by atoms with Gasteiger partial charge in [-0.05, 0) is 24.6 Å². The van der Waals surface area contributed by atoms with Crippen LogP contribution < -0.4 is 0 Å². The first kappa shape index (κ1) is 10.4. The van der Waals surface area contributed by atoms with E-state index in [0.717, 1.165) is 5.56 Å². The summed E-state index contributed by atoms with van der Waals surface area (Å²) >= 11 is 5.96. The summed E-state index contributed by atoms with van der Waals surface area (Å²) in [5, 5.41) is -0.0400. The summed E-state index contributed by atoms with van der Waals surface area (Å²) in [6.45, 7) is 2.66. The molecule has 2 unspecified atom stereocenters. The normalized spacial score (nSPS) is 23.2. The van der Waals surface area contributed by atoms with Crippen molar-refractivity contribution < 1.29 is 4.79 Å². The van der Waals surface area contributed by atoms with Gasteiger partial charge in [0.15, 0.2) is 0 Å². The number of carbonyl (C=O) groups excluding carboxylic acids is 1. The highest BCUT2D eigenvalue weighted by Gasteiger charge is 2.31. The maximum absolute atomic E-state index is 11.6. The summed E-state index contributed by atoms with van der Waals surface area (Å²) in [6.07, 6.45) is 3.94. The van der Waals surface area contributed by atoms with Crippen molar-refractivity contribution in [2.45, 2.75) is 24.8 Å². The number of rotatable bonds is 2. The zero-order valence-corrected chi connectivity index (χ0v) is 9.31. The molecule has 0 bridgehead atoms. The number of carbonyl (C=O) groups is 1. The topological polar surface area (TPSA) is 33.2 Å². The van der Waals surface area contributed by atoms with Gasteiger partial charge in [0.25, 0.3) is 0 Å². The van der Waals surface area contributed by atoms with Gasteiger partial charge in [-0.15, -0.1) is 11.6 Å². The molecule has 80 valence electrons. The molecule has 0 radical (unpaired) electrons. The monoisotopic (exact) mass is 224 g/mol. The van der Waals surface area contributed by atoms with Crippen molar-refractivity contribution in [3.8, 4) is 0 Å². The number of amides is 1. The Hall–Kier alpha value is -1.09. The number of hydrogen-bond donors (Lipinski definition) is 0. The van der Waals surface area contributed by atoms with E-state index in [1.165, 1.54) is 0 Å². The summed E-state index contributed by atoms with van der Waals surface area (Å²) < 4.78 is 0. The van der Waals surface area contributed by atoms with Gasteiger partial charge in [0.1, 0.15) is 0 Å². The second-order valence-electron chi connectivity index (χ2n) is 3.80. The van der Waals surface area contributed by atoms with Crippen LogP contribution in [0.5, 0.6) is 0 Å². The van der Waals surface area contributed by atoms with Crippen molar-refractivity contribution in [2.75, 3.05) is 6.54 Å². The Balaban J connectivity index is 2.15. The fourth-order valence-electron chi connectivity index (χ4n) is 1.88. The molecule has 1 aromatic rings. The Morgan fingerprint density at radius 1 is 1.53 bits per heavy atom. The molecule has 4 heteroatoms. The molecule has 0 N–H and O–H groups in total. The molecule has 0 spiro atoms. The molecule has 1 aromatic heterocycles. The lowest BCUT2D eigenvalue weighted by Gasteiger charge is -2.24. The molecule has 0 aromatic carbocycles. The van der Waals surface area contributed by atoms with Crippen molar-refractivity contribution in [1.29, 1.82) is 0 Å². The van der Waals surface area contributed by atoms with E-state index in [-0.39, 0.29) is 17.3 Å². The molecule has 2 heterocycles. The molecule has 1 saturated heterocycles. The van der Waals surface area contributed by atoms with Crippen LogP contribution >= 0.6 is 11.6 Å². The molecule has 3 nitrogen and oxygen atoms in total. The van der Waals surface area contributed by atoms with Gasteiger partial charge in [-0.1, -0.05) is 0 Å². The summed E-state index contributed by atoms with van der Waals surface area (Å²) in [7, 11) is 0. The van der Waals surface area contributed by atoms with Gasteiger partial charge in [-0.25, -0.2) is 0 Å². The van der Waals surface area contributed by atoms with E-state index in [4.69, 9.17) is 11.6 Å². The van der Waals surface area contributed by atoms with Gasteiger partial charge in [-0.3, -0.25) is 9.78 Å². The third kappa shape index (κ3) is 2.12. The molecule has 1 aliphatic heterocycles. The van der Waals surface area contributed by atoms with Crippen molar-refractivity contribution in [2.24, 2.45) is 0 Å². The standard InChI is InChI=1S/C11H13ClN2O/c1-8(9-2-4-13-5-3-9)14-7-10(12)6-11(14)15/h2-5,8,10H,6-7H2,1H3. The van der Waals surface area contributed by atoms with Gasteiger partial charge >= 0.3 is 0 Å². The van der Waals surface area contributed by atoms with E-state index < -0.39 is 0 Å². The average molecular weight is 225 g/mol. The quantitative estimate of drug-likeness (QED) is 0.720. The van der Waals surface area contributed by atoms with Crippen molar-refractivity contribution >= 4 is 17.5 Å². The molecule has 2 rings (SSSR count). The summed E-state index contributed by atoms with van der Waals surface area (Å²) in [6, 6.07) is 3.95. The van der Waals surface area contributed by atoms with Crippen LogP contribution in [0.4, 0.5) is 0 Å². The van der Waals surface area contributed by atoms with Gasteiger partial charge in [0.05, 0.1) is 11.4 Å². The highest BCUT2D eigenvalue weighted by atomic mass is 35.5. The van der Waals surface area contributed by atoms with Crippen molar-refractivity contribution in [3.63, 3.8) is 0 Å². The first-order valence-corrected chi connectivity index (χ1v) is 5.45. The van der Waals surface area contributed by atoms with E-state index in [1.807, 2.05) is 24.0 Å². The minimum Gasteiger partial charge on any atom is -0.334 e. The third-order valence-electron chi connectivity index (χ3n) is 2.77. The van der Waals surface area contributed by atoms with E-state index in [0.29, 0.717) is 13.0 Å². The average Bonchev–Trinajstić information content (AvgIpc) is 2.58. The first-order chi connectivity index (χ1) is 7.18. The van der Waals surface area contributed by atoms with Gasteiger partial charge < -0.3 is 4.90 Å². The number of aromatic nitrogens is 1. The Morgan fingerprint density at radius 2 is 2.20 bits per heavy atom. The number of likely N-dealkylation sites (tertiary alicyclic amines) is 1. The van der Waals surface area contributed by atoms with Crippen LogP contribution in [0.1, 0.15) is 24.9 Å². The second kappa shape index (κ2) is 4.19. The number of nitrogens with zero attached hydrogens (tertiary/aromatic N) is 2. The van der Waals surface area contributed by atoms with Crippen molar-refractivity contribution in [3.05, 3.63) is 30.1 Å². The molecule has 2 atom stereocenters. The molecule has 1 fully saturated rings. The predicted molar refractivity (Wildman–Crippen MR) is 58.6 cm³/mol.